The molecule has 0 saturated carbocycles. The molecule has 5 nitrogen and oxygen atoms in total. The number of aliphatic carboxylic acids is 1. The average Bonchev–Trinajstić information content (AvgIpc) is 2.40. The lowest BCUT2D eigenvalue weighted by atomic mass is 10.1. The van der Waals surface area contributed by atoms with Crippen molar-refractivity contribution in [3.05, 3.63) is 47.3 Å². The van der Waals surface area contributed by atoms with Gasteiger partial charge < -0.3 is 15.2 Å². The summed E-state index contributed by atoms with van der Waals surface area (Å²) in [6.45, 7) is 3.30. The highest BCUT2D eigenvalue weighted by Gasteiger charge is 2.23. The Bertz CT molecular complexity index is 521. The van der Waals surface area contributed by atoms with Crippen LogP contribution in [0.5, 0.6) is 0 Å². The maximum Gasteiger partial charge on any atom is 0.408 e. The third kappa shape index (κ3) is 4.55. The van der Waals surface area contributed by atoms with Crippen LogP contribution in [0.2, 0.25) is 5.02 Å². The number of ether oxygens (including phenoxy) is 1. The van der Waals surface area contributed by atoms with Gasteiger partial charge in [-0.25, -0.2) is 14.0 Å². The van der Waals surface area contributed by atoms with Crippen molar-refractivity contribution in [1.82, 2.24) is 5.32 Å². The summed E-state index contributed by atoms with van der Waals surface area (Å²) < 4.78 is 18.3. The van der Waals surface area contributed by atoms with Crippen LogP contribution in [0.15, 0.2) is 30.9 Å². The van der Waals surface area contributed by atoms with Crippen molar-refractivity contribution < 1.29 is 23.8 Å². The first-order valence-corrected chi connectivity index (χ1v) is 6.03. The molecular formula is C13H13ClFNO4. The van der Waals surface area contributed by atoms with E-state index in [0.29, 0.717) is 0 Å². The van der Waals surface area contributed by atoms with Crippen LogP contribution < -0.4 is 5.32 Å². The zero-order chi connectivity index (χ0) is 15.1. The number of carbonyl (C=O) groups is 2. The zero-order valence-corrected chi connectivity index (χ0v) is 11.2. The van der Waals surface area contributed by atoms with Gasteiger partial charge in [-0.05, 0) is 11.6 Å². The molecule has 0 bridgehead atoms. The fourth-order valence-electron chi connectivity index (χ4n) is 1.44. The molecule has 0 radical (unpaired) electrons. The molecule has 0 aliphatic heterocycles. The topological polar surface area (TPSA) is 75.6 Å². The first kappa shape index (κ1) is 16.0. The Kier molecular flexibility index (Phi) is 5.99. The second-order valence-electron chi connectivity index (χ2n) is 3.84. The van der Waals surface area contributed by atoms with Crippen molar-refractivity contribution in [3.8, 4) is 0 Å². The van der Waals surface area contributed by atoms with Crippen molar-refractivity contribution in [3.63, 3.8) is 0 Å². The summed E-state index contributed by atoms with van der Waals surface area (Å²) in [7, 11) is 0. The van der Waals surface area contributed by atoms with Crippen molar-refractivity contribution in [2.75, 3.05) is 6.61 Å². The highest BCUT2D eigenvalue weighted by atomic mass is 35.5. The molecule has 1 rings (SSSR count). The third-order valence-corrected chi connectivity index (χ3v) is 2.67. The minimum Gasteiger partial charge on any atom is -0.480 e. The maximum atomic E-state index is 13.7. The van der Waals surface area contributed by atoms with Crippen molar-refractivity contribution in [2.45, 2.75) is 12.5 Å². The van der Waals surface area contributed by atoms with Gasteiger partial charge >= 0.3 is 12.1 Å². The Labute approximate surface area is 120 Å². The summed E-state index contributed by atoms with van der Waals surface area (Å²) in [5.74, 6) is -2.01. The second-order valence-corrected chi connectivity index (χ2v) is 4.25. The van der Waals surface area contributed by atoms with Crippen LogP contribution in [0.4, 0.5) is 9.18 Å². The van der Waals surface area contributed by atoms with E-state index in [0.717, 1.165) is 0 Å². The number of nitrogens with one attached hydrogen (secondary N) is 1. The van der Waals surface area contributed by atoms with E-state index in [4.69, 9.17) is 16.7 Å². The fraction of sp³-hybridized carbons (Fsp3) is 0.231. The third-order valence-electron chi connectivity index (χ3n) is 2.38. The number of alkyl carbamates (subject to hydrolysis) is 1. The van der Waals surface area contributed by atoms with Crippen LogP contribution >= 0.6 is 11.6 Å². The molecule has 0 saturated heterocycles. The number of hydrogen-bond acceptors (Lipinski definition) is 3. The number of halogens is 2. The van der Waals surface area contributed by atoms with Crippen LogP contribution in [-0.2, 0) is 16.0 Å². The van der Waals surface area contributed by atoms with Gasteiger partial charge in [0.2, 0.25) is 0 Å². The Hall–Kier alpha value is -2.08. The predicted molar refractivity (Wildman–Crippen MR) is 71.2 cm³/mol. The molecule has 0 aromatic heterocycles. The largest absolute Gasteiger partial charge is 0.480 e. The van der Waals surface area contributed by atoms with Gasteiger partial charge in [-0.3, -0.25) is 0 Å². The van der Waals surface area contributed by atoms with Crippen LogP contribution in [0, 0.1) is 5.82 Å². The molecule has 1 amide bonds. The monoisotopic (exact) mass is 301 g/mol. The molecule has 7 heteroatoms. The number of amides is 1. The summed E-state index contributed by atoms with van der Waals surface area (Å²) in [5.41, 5.74) is 0.0916. The van der Waals surface area contributed by atoms with E-state index in [1.165, 1.54) is 24.3 Å². The van der Waals surface area contributed by atoms with Gasteiger partial charge in [-0.2, -0.15) is 0 Å². The van der Waals surface area contributed by atoms with E-state index in [-0.39, 0.29) is 23.6 Å². The van der Waals surface area contributed by atoms with Gasteiger partial charge in [0.1, 0.15) is 18.5 Å². The number of carbonyl (C=O) groups excluding carboxylic acids is 1. The summed E-state index contributed by atoms with van der Waals surface area (Å²) in [6.07, 6.45) is 0.177. The molecule has 1 aromatic rings. The van der Waals surface area contributed by atoms with E-state index in [9.17, 15) is 14.0 Å². The normalized spacial score (nSPS) is 11.5. The predicted octanol–water partition coefficient (Wildman–Crippen LogP) is 2.39. The molecule has 0 spiro atoms. The molecule has 0 aliphatic carbocycles. The fourth-order valence-corrected chi connectivity index (χ4v) is 1.64. The first-order chi connectivity index (χ1) is 9.45. The molecular weight excluding hydrogens is 289 g/mol. The van der Waals surface area contributed by atoms with Crippen molar-refractivity contribution >= 4 is 23.7 Å². The molecule has 0 aliphatic rings. The van der Waals surface area contributed by atoms with Gasteiger partial charge in [0.15, 0.2) is 0 Å². The molecule has 0 unspecified atom stereocenters. The Morgan fingerprint density at radius 1 is 1.55 bits per heavy atom. The minimum atomic E-state index is -1.32. The summed E-state index contributed by atoms with van der Waals surface area (Å²) in [5, 5.41) is 11.0. The highest BCUT2D eigenvalue weighted by Crippen LogP contribution is 2.19. The maximum absolute atomic E-state index is 13.7. The minimum absolute atomic E-state index is 0.0519. The number of rotatable bonds is 6. The molecule has 108 valence electrons. The van der Waals surface area contributed by atoms with Crippen LogP contribution in [0.25, 0.3) is 0 Å². The SMILES string of the molecule is C=CCOC(=O)N[C@@H](Cc1cccc(Cl)c1F)C(=O)O. The van der Waals surface area contributed by atoms with Crippen molar-refractivity contribution in [1.29, 1.82) is 0 Å². The summed E-state index contributed by atoms with van der Waals surface area (Å²) in [4.78, 5) is 22.4. The Morgan fingerprint density at radius 2 is 2.25 bits per heavy atom. The van der Waals surface area contributed by atoms with Gasteiger partial charge in [-0.15, -0.1) is 0 Å². The smallest absolute Gasteiger partial charge is 0.408 e. The molecule has 1 atom stereocenters. The van der Waals surface area contributed by atoms with E-state index < -0.39 is 23.9 Å². The Morgan fingerprint density at radius 3 is 2.85 bits per heavy atom. The van der Waals surface area contributed by atoms with E-state index in [1.807, 2.05) is 0 Å². The molecule has 0 heterocycles. The van der Waals surface area contributed by atoms with Gasteiger partial charge in [0, 0.05) is 6.42 Å². The van der Waals surface area contributed by atoms with Gasteiger partial charge in [-0.1, -0.05) is 36.4 Å². The summed E-state index contributed by atoms with van der Waals surface area (Å²) in [6, 6.07) is 2.92. The summed E-state index contributed by atoms with van der Waals surface area (Å²) >= 11 is 5.61. The van der Waals surface area contributed by atoms with Crippen molar-refractivity contribution in [2.24, 2.45) is 0 Å². The molecule has 1 aromatic carbocycles. The Balaban J connectivity index is 2.77. The van der Waals surface area contributed by atoms with E-state index in [1.54, 1.807) is 0 Å². The zero-order valence-electron chi connectivity index (χ0n) is 10.4. The number of carboxylic acids is 1. The highest BCUT2D eigenvalue weighted by molar-refractivity contribution is 6.30. The quantitative estimate of drug-likeness (QED) is 0.791. The number of hydrogen-bond donors (Lipinski definition) is 2. The van der Waals surface area contributed by atoms with E-state index in [2.05, 4.69) is 16.6 Å². The van der Waals surface area contributed by atoms with Crippen LogP contribution in [0.3, 0.4) is 0 Å². The van der Waals surface area contributed by atoms with Gasteiger partial charge in [0.05, 0.1) is 5.02 Å². The van der Waals surface area contributed by atoms with Gasteiger partial charge in [0.25, 0.3) is 0 Å². The first-order valence-electron chi connectivity index (χ1n) is 5.65. The standard InChI is InChI=1S/C13H13ClFNO4/c1-2-6-20-13(19)16-10(12(17)18)7-8-4-3-5-9(14)11(8)15/h2-5,10H,1,6-7H2,(H,16,19)(H,17,18)/t10-/m0/s1. The molecule has 2 N–H and O–H groups in total. The van der Waals surface area contributed by atoms with Crippen LogP contribution in [0.1, 0.15) is 5.56 Å². The molecule has 0 fully saturated rings. The molecule has 20 heavy (non-hydrogen) atoms. The number of carboxylic acid groups (broad SMARTS) is 1. The van der Waals surface area contributed by atoms with E-state index >= 15 is 0 Å². The van der Waals surface area contributed by atoms with Crippen LogP contribution in [-0.4, -0.2) is 29.8 Å². The lowest BCUT2D eigenvalue weighted by Crippen LogP contribution is -2.42. The second kappa shape index (κ2) is 7.49. The average molecular weight is 302 g/mol. The lowest BCUT2D eigenvalue weighted by molar-refractivity contribution is -0.139. The lowest BCUT2D eigenvalue weighted by Gasteiger charge is -2.15. The number of benzene rings is 1.